The molecule has 0 radical (unpaired) electrons. The Morgan fingerprint density at radius 1 is 0.912 bits per heavy atom. The van der Waals surface area contributed by atoms with E-state index in [1.807, 2.05) is 40.9 Å². The third-order valence-corrected chi connectivity index (χ3v) is 8.31. The molecule has 7 heteroatoms. The molecular formula is C27H29ClN4O2. The molecule has 6 nitrogen and oxygen atoms in total. The summed E-state index contributed by atoms with van der Waals surface area (Å²) in [4.78, 5) is 30.2. The largest absolute Gasteiger partial charge is 0.352 e. The Bertz CT molecular complexity index is 1210. The fourth-order valence-corrected chi connectivity index (χ4v) is 7.08. The van der Waals surface area contributed by atoms with E-state index in [0.29, 0.717) is 23.7 Å². The lowest BCUT2D eigenvalue weighted by atomic mass is 9.49. The van der Waals surface area contributed by atoms with Crippen molar-refractivity contribution < 1.29 is 9.59 Å². The van der Waals surface area contributed by atoms with Gasteiger partial charge in [-0.05, 0) is 86.1 Å². The van der Waals surface area contributed by atoms with Gasteiger partial charge < -0.3 is 15.0 Å². The summed E-state index contributed by atoms with van der Waals surface area (Å²) in [5, 5.41) is 6.76. The summed E-state index contributed by atoms with van der Waals surface area (Å²) < 4.78 is 1.84. The van der Waals surface area contributed by atoms with Gasteiger partial charge in [-0.3, -0.25) is 9.59 Å². The molecule has 2 heterocycles. The maximum atomic E-state index is 13.2. The topological polar surface area (TPSA) is 75.5 Å². The van der Waals surface area contributed by atoms with Crippen LogP contribution in [0.5, 0.6) is 0 Å². The summed E-state index contributed by atoms with van der Waals surface area (Å²) in [7, 11) is 0. The molecule has 176 valence electrons. The number of nitrogens with zero attached hydrogens (tertiary/aromatic N) is 2. The number of carbonyl (C=O) groups is 2. The molecule has 3 aromatic rings. The minimum Gasteiger partial charge on any atom is -0.352 e. The number of amides is 2. The van der Waals surface area contributed by atoms with E-state index in [2.05, 4.69) is 15.6 Å². The van der Waals surface area contributed by atoms with E-state index < -0.39 is 0 Å². The highest BCUT2D eigenvalue weighted by atomic mass is 35.5. The molecule has 1 aromatic carbocycles. The Morgan fingerprint density at radius 2 is 1.59 bits per heavy atom. The van der Waals surface area contributed by atoms with Crippen molar-refractivity contribution >= 4 is 29.1 Å². The molecular weight excluding hydrogens is 448 g/mol. The van der Waals surface area contributed by atoms with E-state index in [9.17, 15) is 9.59 Å². The van der Waals surface area contributed by atoms with Crippen LogP contribution >= 0.6 is 11.6 Å². The Labute approximate surface area is 204 Å². The fourth-order valence-electron chi connectivity index (χ4n) is 6.91. The first-order chi connectivity index (χ1) is 16.5. The van der Waals surface area contributed by atoms with E-state index in [0.717, 1.165) is 53.9 Å². The summed E-state index contributed by atoms with van der Waals surface area (Å²) in [6.45, 7) is 0.841. The predicted octanol–water partition coefficient (Wildman–Crippen LogP) is 4.75. The van der Waals surface area contributed by atoms with Crippen LogP contribution in [0.25, 0.3) is 5.65 Å². The van der Waals surface area contributed by atoms with Crippen LogP contribution < -0.4 is 10.6 Å². The van der Waals surface area contributed by atoms with Gasteiger partial charge in [0.2, 0.25) is 5.91 Å². The number of pyridine rings is 1. The Balaban J connectivity index is 1.03. The number of rotatable bonds is 6. The van der Waals surface area contributed by atoms with Gasteiger partial charge in [0.1, 0.15) is 5.65 Å². The van der Waals surface area contributed by atoms with Gasteiger partial charge in [-0.15, -0.1) is 0 Å². The summed E-state index contributed by atoms with van der Waals surface area (Å²) in [6, 6.07) is 11.1. The van der Waals surface area contributed by atoms with E-state index >= 15 is 0 Å². The van der Waals surface area contributed by atoms with Crippen LogP contribution in [0.3, 0.4) is 0 Å². The minimum atomic E-state index is -0.153. The van der Waals surface area contributed by atoms with Gasteiger partial charge in [-0.2, -0.15) is 0 Å². The van der Waals surface area contributed by atoms with Crippen molar-refractivity contribution in [2.75, 3.05) is 0 Å². The molecule has 4 aliphatic carbocycles. The first-order valence-corrected chi connectivity index (χ1v) is 12.6. The molecule has 0 unspecified atom stereocenters. The lowest BCUT2D eigenvalue weighted by Gasteiger charge is -2.55. The molecule has 0 atom stereocenters. The number of hydrogen-bond acceptors (Lipinski definition) is 3. The molecule has 0 saturated heterocycles. The summed E-state index contributed by atoms with van der Waals surface area (Å²) in [6.07, 6.45) is 10.9. The molecule has 2 N–H and O–H groups in total. The van der Waals surface area contributed by atoms with Gasteiger partial charge in [0.25, 0.3) is 5.91 Å². The fraction of sp³-hybridized carbons (Fsp3) is 0.444. The minimum absolute atomic E-state index is 0.127. The lowest BCUT2D eigenvalue weighted by Crippen LogP contribution is -2.53. The average molecular weight is 477 g/mol. The monoisotopic (exact) mass is 476 g/mol. The van der Waals surface area contributed by atoms with Crippen LogP contribution in [0.1, 0.15) is 60.1 Å². The van der Waals surface area contributed by atoms with Gasteiger partial charge in [-0.25, -0.2) is 4.98 Å². The van der Waals surface area contributed by atoms with Gasteiger partial charge in [-0.1, -0.05) is 23.7 Å². The molecule has 4 fully saturated rings. The number of hydrogen-bond donors (Lipinski definition) is 2. The third-order valence-electron chi connectivity index (χ3n) is 8.08. The molecule has 0 spiro atoms. The van der Waals surface area contributed by atoms with Crippen molar-refractivity contribution in [1.82, 2.24) is 20.0 Å². The van der Waals surface area contributed by atoms with Crippen LogP contribution in [-0.4, -0.2) is 21.2 Å². The number of benzene rings is 1. The zero-order chi connectivity index (χ0) is 23.3. The number of aromatic nitrogens is 2. The van der Waals surface area contributed by atoms with Gasteiger partial charge in [0, 0.05) is 29.9 Å². The second-order valence-electron chi connectivity index (χ2n) is 10.6. The highest BCUT2D eigenvalue weighted by molar-refractivity contribution is 6.30. The number of imidazole rings is 1. The van der Waals surface area contributed by atoms with Crippen LogP contribution in [0.15, 0.2) is 48.8 Å². The SMILES string of the molecule is O=C(NCc1cn2cc(Cl)ccc2n1)c1ccc(CNC(=O)C23CC4CC(CC(C4)C2)C3)cc1. The summed E-state index contributed by atoms with van der Waals surface area (Å²) >= 11 is 6.02. The first kappa shape index (κ1) is 21.7. The summed E-state index contributed by atoms with van der Waals surface area (Å²) in [5.41, 5.74) is 3.01. The van der Waals surface area contributed by atoms with Gasteiger partial charge in [0.15, 0.2) is 0 Å². The highest BCUT2D eigenvalue weighted by Gasteiger charge is 2.54. The molecule has 4 aliphatic rings. The number of fused-ring (bicyclic) bond motifs is 1. The predicted molar refractivity (Wildman–Crippen MR) is 130 cm³/mol. The quantitative estimate of drug-likeness (QED) is 0.539. The highest BCUT2D eigenvalue weighted by Crippen LogP contribution is 2.60. The molecule has 4 saturated carbocycles. The Hall–Kier alpha value is -2.86. The molecule has 34 heavy (non-hydrogen) atoms. The van der Waals surface area contributed by atoms with E-state index in [1.165, 1.54) is 19.3 Å². The average Bonchev–Trinajstić information content (AvgIpc) is 3.22. The standard InChI is InChI=1S/C27H29ClN4O2/c28-22-5-6-24-31-23(16-32(24)15-22)14-29-25(33)21-3-1-17(2-4-21)13-30-26(34)27-10-18-7-19(11-27)9-20(8-18)12-27/h1-6,15-16,18-20H,7-14H2,(H,29,33)(H,30,34). The lowest BCUT2D eigenvalue weighted by molar-refractivity contribution is -0.146. The zero-order valence-corrected chi connectivity index (χ0v) is 19.9. The molecule has 7 rings (SSSR count). The Kier molecular flexibility index (Phi) is 5.36. The van der Waals surface area contributed by atoms with Crippen LogP contribution in [0.4, 0.5) is 0 Å². The van der Waals surface area contributed by atoms with Crippen molar-refractivity contribution in [2.24, 2.45) is 23.2 Å². The van der Waals surface area contributed by atoms with Crippen LogP contribution in [0, 0.1) is 23.2 Å². The second kappa shape index (κ2) is 8.42. The van der Waals surface area contributed by atoms with Crippen molar-refractivity contribution in [3.8, 4) is 0 Å². The first-order valence-electron chi connectivity index (χ1n) is 12.2. The number of nitrogens with one attached hydrogen (secondary N) is 2. The van der Waals surface area contributed by atoms with Crippen molar-refractivity contribution in [2.45, 2.75) is 51.6 Å². The van der Waals surface area contributed by atoms with Crippen molar-refractivity contribution in [3.63, 3.8) is 0 Å². The zero-order valence-electron chi connectivity index (χ0n) is 19.1. The molecule has 2 aromatic heterocycles. The van der Waals surface area contributed by atoms with E-state index in [1.54, 1.807) is 12.3 Å². The normalized spacial score (nSPS) is 27.1. The van der Waals surface area contributed by atoms with Crippen molar-refractivity contribution in [1.29, 1.82) is 0 Å². The van der Waals surface area contributed by atoms with Crippen molar-refractivity contribution in [3.05, 3.63) is 70.6 Å². The van der Waals surface area contributed by atoms with E-state index in [-0.39, 0.29) is 17.2 Å². The number of halogens is 1. The van der Waals surface area contributed by atoms with Crippen LogP contribution in [-0.2, 0) is 17.9 Å². The van der Waals surface area contributed by atoms with Gasteiger partial charge >= 0.3 is 0 Å². The third kappa shape index (κ3) is 4.09. The van der Waals surface area contributed by atoms with Gasteiger partial charge in [0.05, 0.1) is 17.3 Å². The van der Waals surface area contributed by atoms with Crippen LogP contribution in [0.2, 0.25) is 5.02 Å². The number of carbonyl (C=O) groups excluding carboxylic acids is 2. The molecule has 4 bridgehead atoms. The molecule has 0 aliphatic heterocycles. The van der Waals surface area contributed by atoms with E-state index in [4.69, 9.17) is 11.6 Å². The maximum Gasteiger partial charge on any atom is 0.251 e. The second-order valence-corrected chi connectivity index (χ2v) is 11.0. The molecule has 2 amide bonds. The Morgan fingerprint density at radius 3 is 2.26 bits per heavy atom. The summed E-state index contributed by atoms with van der Waals surface area (Å²) in [5.74, 6) is 2.36. The smallest absolute Gasteiger partial charge is 0.251 e. The maximum absolute atomic E-state index is 13.2.